The van der Waals surface area contributed by atoms with Gasteiger partial charge in [0.05, 0.1) is 18.4 Å². The van der Waals surface area contributed by atoms with E-state index in [-0.39, 0.29) is 17.6 Å². The fourth-order valence-electron chi connectivity index (χ4n) is 2.25. The van der Waals surface area contributed by atoms with E-state index in [9.17, 15) is 9.59 Å². The third kappa shape index (κ3) is 2.49. The molecule has 0 aliphatic carbocycles. The fourth-order valence-corrected chi connectivity index (χ4v) is 2.25. The summed E-state index contributed by atoms with van der Waals surface area (Å²) in [7, 11) is 0. The number of rotatable bonds is 3. The first-order valence-corrected chi connectivity index (χ1v) is 6.70. The average Bonchev–Trinajstić information content (AvgIpc) is 3.07. The molecule has 3 rings (SSSR count). The molecular weight excluding hydrogens is 274 g/mol. The number of hydrogen-bond acceptors (Lipinski definition) is 5. The van der Waals surface area contributed by atoms with E-state index in [1.165, 1.54) is 0 Å². The maximum Gasteiger partial charge on any atom is 0.290 e. The van der Waals surface area contributed by atoms with Crippen molar-refractivity contribution < 1.29 is 9.59 Å². The second-order valence-electron chi connectivity index (χ2n) is 4.71. The minimum Gasteiger partial charge on any atom is -0.350 e. The van der Waals surface area contributed by atoms with Crippen molar-refractivity contribution in [2.45, 2.75) is 25.8 Å². The molecule has 1 atom stereocenters. The molecule has 1 unspecified atom stereocenters. The molecule has 3 heterocycles. The van der Waals surface area contributed by atoms with Gasteiger partial charge in [0, 0.05) is 13.1 Å². The Hall–Kier alpha value is -2.71. The van der Waals surface area contributed by atoms with Crippen molar-refractivity contribution in [3.8, 4) is 0 Å². The minimum absolute atomic E-state index is 0.0465. The van der Waals surface area contributed by atoms with Crippen LogP contribution in [0.15, 0.2) is 12.5 Å². The van der Waals surface area contributed by atoms with Crippen LogP contribution >= 0.6 is 0 Å². The van der Waals surface area contributed by atoms with Crippen molar-refractivity contribution >= 4 is 17.6 Å². The normalized spacial score (nSPS) is 17.8. The van der Waals surface area contributed by atoms with E-state index in [1.807, 2.05) is 11.5 Å². The molecule has 2 aromatic heterocycles. The third-order valence-corrected chi connectivity index (χ3v) is 3.31. The Morgan fingerprint density at radius 1 is 1.57 bits per heavy atom. The standard InChI is InChI=1S/C12H15N7O2/c1-2-14-12(21)10-16-9(17-18-10)7-3-4-19-6-13-5-8(19)15-11(7)20/h5-7H,2-4H2,1H3,(H,14,21)(H,15,20)(H,16,17,18). The maximum atomic E-state index is 12.2. The van der Waals surface area contributed by atoms with E-state index in [1.54, 1.807) is 12.5 Å². The van der Waals surface area contributed by atoms with Crippen LogP contribution in [0.3, 0.4) is 0 Å². The van der Waals surface area contributed by atoms with Crippen molar-refractivity contribution in [2.24, 2.45) is 0 Å². The first kappa shape index (κ1) is 13.3. The van der Waals surface area contributed by atoms with Gasteiger partial charge in [-0.1, -0.05) is 0 Å². The Labute approximate surface area is 120 Å². The summed E-state index contributed by atoms with van der Waals surface area (Å²) < 4.78 is 1.86. The van der Waals surface area contributed by atoms with Crippen molar-refractivity contribution in [1.29, 1.82) is 0 Å². The number of aromatic nitrogens is 5. The SMILES string of the molecule is CCNC(=O)c1n[nH]c(C2CCn3cncc3NC2=O)n1. The van der Waals surface area contributed by atoms with Crippen LogP contribution in [-0.4, -0.2) is 43.1 Å². The van der Waals surface area contributed by atoms with Crippen molar-refractivity contribution in [3.05, 3.63) is 24.2 Å². The molecule has 0 aromatic carbocycles. The van der Waals surface area contributed by atoms with Crippen LogP contribution in [0, 0.1) is 0 Å². The van der Waals surface area contributed by atoms with Gasteiger partial charge >= 0.3 is 0 Å². The Balaban J connectivity index is 1.79. The molecular formula is C12H15N7O2. The van der Waals surface area contributed by atoms with Gasteiger partial charge in [0.25, 0.3) is 5.91 Å². The predicted octanol–water partition coefficient (Wildman–Crippen LogP) is -0.123. The predicted molar refractivity (Wildman–Crippen MR) is 72.6 cm³/mol. The van der Waals surface area contributed by atoms with Crippen LogP contribution in [0.4, 0.5) is 5.82 Å². The number of carbonyl (C=O) groups excluding carboxylic acids is 2. The summed E-state index contributed by atoms with van der Waals surface area (Å²) in [6, 6.07) is 0. The lowest BCUT2D eigenvalue weighted by Gasteiger charge is -2.08. The minimum atomic E-state index is -0.472. The molecule has 0 saturated heterocycles. The number of aryl methyl sites for hydroxylation is 1. The largest absolute Gasteiger partial charge is 0.350 e. The molecule has 3 N–H and O–H groups in total. The molecule has 1 aliphatic rings. The fraction of sp³-hybridized carbons (Fsp3) is 0.417. The van der Waals surface area contributed by atoms with Crippen molar-refractivity contribution in [3.63, 3.8) is 0 Å². The molecule has 0 bridgehead atoms. The van der Waals surface area contributed by atoms with Crippen LogP contribution in [0.2, 0.25) is 0 Å². The smallest absolute Gasteiger partial charge is 0.290 e. The second kappa shape index (κ2) is 5.35. The Kier molecular flexibility index (Phi) is 3.38. The summed E-state index contributed by atoms with van der Waals surface area (Å²) in [5, 5.41) is 12.0. The number of H-pyrrole nitrogens is 1. The zero-order chi connectivity index (χ0) is 14.8. The van der Waals surface area contributed by atoms with Gasteiger partial charge in [-0.05, 0) is 13.3 Å². The second-order valence-corrected chi connectivity index (χ2v) is 4.71. The number of imidazole rings is 1. The van der Waals surface area contributed by atoms with Gasteiger partial charge in [0.1, 0.15) is 11.6 Å². The Morgan fingerprint density at radius 2 is 2.43 bits per heavy atom. The quantitative estimate of drug-likeness (QED) is 0.728. The lowest BCUT2D eigenvalue weighted by Crippen LogP contribution is -2.24. The lowest BCUT2D eigenvalue weighted by atomic mass is 10.0. The van der Waals surface area contributed by atoms with E-state index in [0.717, 1.165) is 0 Å². The van der Waals surface area contributed by atoms with E-state index in [0.29, 0.717) is 31.2 Å². The van der Waals surface area contributed by atoms with Crippen LogP contribution in [-0.2, 0) is 11.3 Å². The monoisotopic (exact) mass is 289 g/mol. The third-order valence-electron chi connectivity index (χ3n) is 3.31. The molecule has 0 radical (unpaired) electrons. The molecule has 2 amide bonds. The number of aromatic amines is 1. The Morgan fingerprint density at radius 3 is 3.24 bits per heavy atom. The number of anilines is 1. The topological polar surface area (TPSA) is 118 Å². The van der Waals surface area contributed by atoms with E-state index in [4.69, 9.17) is 0 Å². The van der Waals surface area contributed by atoms with Gasteiger partial charge < -0.3 is 15.2 Å². The van der Waals surface area contributed by atoms with Crippen molar-refractivity contribution in [2.75, 3.05) is 11.9 Å². The van der Waals surface area contributed by atoms with Gasteiger partial charge in [0.2, 0.25) is 11.7 Å². The molecule has 110 valence electrons. The summed E-state index contributed by atoms with van der Waals surface area (Å²) in [6.07, 6.45) is 3.82. The highest BCUT2D eigenvalue weighted by Crippen LogP contribution is 2.24. The summed E-state index contributed by atoms with van der Waals surface area (Å²) in [4.78, 5) is 32.0. The molecule has 0 saturated carbocycles. The van der Waals surface area contributed by atoms with Gasteiger partial charge in [-0.3, -0.25) is 14.7 Å². The van der Waals surface area contributed by atoms with Crippen LogP contribution in [0.25, 0.3) is 0 Å². The Bertz CT molecular complexity index is 675. The molecule has 9 nitrogen and oxygen atoms in total. The molecule has 0 fully saturated rings. The van der Waals surface area contributed by atoms with Crippen LogP contribution in [0.1, 0.15) is 35.7 Å². The number of fused-ring (bicyclic) bond motifs is 1. The van der Waals surface area contributed by atoms with Crippen LogP contribution < -0.4 is 10.6 Å². The van der Waals surface area contributed by atoms with E-state index < -0.39 is 5.92 Å². The number of nitrogens with zero attached hydrogens (tertiary/aromatic N) is 4. The van der Waals surface area contributed by atoms with E-state index >= 15 is 0 Å². The molecule has 0 spiro atoms. The highest BCUT2D eigenvalue weighted by atomic mass is 16.2. The highest BCUT2D eigenvalue weighted by Gasteiger charge is 2.28. The maximum absolute atomic E-state index is 12.2. The number of amides is 2. The molecule has 1 aliphatic heterocycles. The first-order chi connectivity index (χ1) is 10.2. The van der Waals surface area contributed by atoms with E-state index in [2.05, 4.69) is 30.8 Å². The number of nitrogens with one attached hydrogen (secondary N) is 3. The molecule has 21 heavy (non-hydrogen) atoms. The van der Waals surface area contributed by atoms with Crippen LogP contribution in [0.5, 0.6) is 0 Å². The average molecular weight is 289 g/mol. The summed E-state index contributed by atoms with van der Waals surface area (Å²) in [5.41, 5.74) is 0. The first-order valence-electron chi connectivity index (χ1n) is 6.70. The van der Waals surface area contributed by atoms with Gasteiger partial charge in [-0.2, -0.15) is 0 Å². The number of hydrogen-bond donors (Lipinski definition) is 3. The molecule has 2 aromatic rings. The summed E-state index contributed by atoms with van der Waals surface area (Å²) in [6.45, 7) is 2.94. The number of carbonyl (C=O) groups is 2. The lowest BCUT2D eigenvalue weighted by molar-refractivity contribution is -0.117. The zero-order valence-corrected chi connectivity index (χ0v) is 11.5. The van der Waals surface area contributed by atoms with Gasteiger partial charge in [-0.15, -0.1) is 5.10 Å². The molecule has 9 heteroatoms. The van der Waals surface area contributed by atoms with Crippen molar-refractivity contribution in [1.82, 2.24) is 30.0 Å². The summed E-state index contributed by atoms with van der Waals surface area (Å²) in [5.74, 6) is 0.0847. The highest BCUT2D eigenvalue weighted by molar-refractivity contribution is 5.95. The van der Waals surface area contributed by atoms with Gasteiger partial charge in [-0.25, -0.2) is 9.97 Å². The summed E-state index contributed by atoms with van der Waals surface area (Å²) >= 11 is 0. The van der Waals surface area contributed by atoms with Gasteiger partial charge in [0.15, 0.2) is 0 Å². The zero-order valence-electron chi connectivity index (χ0n) is 11.5.